The van der Waals surface area contributed by atoms with Gasteiger partial charge in [0, 0.05) is 37.2 Å². The van der Waals surface area contributed by atoms with Crippen molar-refractivity contribution in [1.82, 2.24) is 15.4 Å². The predicted octanol–water partition coefficient (Wildman–Crippen LogP) is 3.23. The zero-order valence-corrected chi connectivity index (χ0v) is 15.8. The third-order valence-corrected chi connectivity index (χ3v) is 5.47. The zero-order chi connectivity index (χ0) is 18.6. The van der Waals surface area contributed by atoms with Gasteiger partial charge in [-0.05, 0) is 43.7 Å². The lowest BCUT2D eigenvalue weighted by molar-refractivity contribution is -0.130. The van der Waals surface area contributed by atoms with E-state index in [1.165, 1.54) is 12.8 Å². The van der Waals surface area contributed by atoms with Crippen LogP contribution in [0, 0.1) is 5.92 Å². The number of benzene rings is 1. The number of aromatic nitrogens is 1. The van der Waals surface area contributed by atoms with Crippen LogP contribution in [0.5, 0.6) is 5.75 Å². The molecule has 2 heterocycles. The van der Waals surface area contributed by atoms with Gasteiger partial charge in [0.05, 0.1) is 13.7 Å². The van der Waals surface area contributed by atoms with Gasteiger partial charge in [0.2, 0.25) is 5.91 Å². The molecule has 1 aromatic carbocycles. The molecule has 0 bridgehead atoms. The Balaban J connectivity index is 1.31. The van der Waals surface area contributed by atoms with Crippen molar-refractivity contribution in [2.24, 2.45) is 5.92 Å². The molecule has 4 rings (SSSR count). The molecule has 1 aromatic heterocycles. The molecule has 27 heavy (non-hydrogen) atoms. The van der Waals surface area contributed by atoms with Gasteiger partial charge in [-0.15, -0.1) is 0 Å². The number of nitrogens with one attached hydrogen (secondary N) is 1. The fraction of sp³-hybridized carbons (Fsp3) is 0.524. The lowest BCUT2D eigenvalue weighted by Gasteiger charge is -2.20. The number of nitrogens with zero attached hydrogens (tertiary/aromatic N) is 2. The Morgan fingerprint density at radius 2 is 2.15 bits per heavy atom. The minimum Gasteiger partial charge on any atom is -0.497 e. The summed E-state index contributed by atoms with van der Waals surface area (Å²) in [6.07, 6.45) is 5.08. The summed E-state index contributed by atoms with van der Waals surface area (Å²) in [5.41, 5.74) is 1.78. The summed E-state index contributed by atoms with van der Waals surface area (Å²) in [5.74, 6) is 2.67. The van der Waals surface area contributed by atoms with E-state index in [2.05, 4.69) is 15.4 Å². The molecule has 2 aliphatic rings. The van der Waals surface area contributed by atoms with Crippen molar-refractivity contribution in [2.75, 3.05) is 20.2 Å². The second-order valence-electron chi connectivity index (χ2n) is 7.60. The Hall–Kier alpha value is -2.34. The summed E-state index contributed by atoms with van der Waals surface area (Å²) in [4.78, 5) is 14.3. The van der Waals surface area contributed by atoms with Crippen LogP contribution in [0.3, 0.4) is 0 Å². The standard InChI is InChI=1S/C21H27N3O3/c1-26-18-4-2-3-16(11-18)20-12-19(27-23-20)13-22-17-7-8-21(25)24(10-9-17)14-15-5-6-15/h2-4,11-12,15,17,22H,5-10,13-14H2,1H3. The Labute approximate surface area is 159 Å². The molecule has 1 aliphatic heterocycles. The SMILES string of the molecule is COc1cccc(-c2cc(CNC3CCC(=O)N(CC4CC4)CC3)on2)c1. The third kappa shape index (κ3) is 4.69. The smallest absolute Gasteiger partial charge is 0.222 e. The predicted molar refractivity (Wildman–Crippen MR) is 102 cm³/mol. The number of carbonyl (C=O) groups excluding carboxylic acids is 1. The van der Waals surface area contributed by atoms with Gasteiger partial charge in [0.15, 0.2) is 5.76 Å². The summed E-state index contributed by atoms with van der Waals surface area (Å²) >= 11 is 0. The van der Waals surface area contributed by atoms with Gasteiger partial charge in [-0.3, -0.25) is 4.79 Å². The van der Waals surface area contributed by atoms with Crippen molar-refractivity contribution in [1.29, 1.82) is 0 Å². The van der Waals surface area contributed by atoms with Crippen molar-refractivity contribution in [2.45, 2.75) is 44.7 Å². The second-order valence-corrected chi connectivity index (χ2v) is 7.60. The highest BCUT2D eigenvalue weighted by Crippen LogP contribution is 2.30. The molecule has 6 nitrogen and oxygen atoms in total. The molecule has 1 saturated carbocycles. The number of carbonyl (C=O) groups is 1. The zero-order valence-electron chi connectivity index (χ0n) is 15.8. The van der Waals surface area contributed by atoms with E-state index in [4.69, 9.17) is 9.26 Å². The molecule has 1 N–H and O–H groups in total. The molecule has 2 fully saturated rings. The third-order valence-electron chi connectivity index (χ3n) is 5.47. The van der Waals surface area contributed by atoms with Gasteiger partial charge in [-0.2, -0.15) is 0 Å². The summed E-state index contributed by atoms with van der Waals surface area (Å²) in [6.45, 7) is 2.44. The van der Waals surface area contributed by atoms with Crippen LogP contribution in [0.25, 0.3) is 11.3 Å². The lowest BCUT2D eigenvalue weighted by Crippen LogP contribution is -2.33. The minimum atomic E-state index is 0.311. The highest BCUT2D eigenvalue weighted by atomic mass is 16.5. The molecule has 1 aliphatic carbocycles. The maximum absolute atomic E-state index is 12.3. The van der Waals surface area contributed by atoms with Gasteiger partial charge >= 0.3 is 0 Å². The summed E-state index contributed by atoms with van der Waals surface area (Å²) < 4.78 is 10.8. The first-order valence-electron chi connectivity index (χ1n) is 9.82. The summed E-state index contributed by atoms with van der Waals surface area (Å²) in [6, 6.07) is 10.1. The maximum atomic E-state index is 12.3. The Kier molecular flexibility index (Phi) is 5.43. The summed E-state index contributed by atoms with van der Waals surface area (Å²) in [5, 5.41) is 7.71. The van der Waals surface area contributed by atoms with Crippen molar-refractivity contribution in [3.8, 4) is 17.0 Å². The molecule has 0 radical (unpaired) electrons. The number of hydrogen-bond donors (Lipinski definition) is 1. The van der Waals surface area contributed by atoms with Crippen LogP contribution in [0.15, 0.2) is 34.9 Å². The van der Waals surface area contributed by atoms with Gasteiger partial charge in [-0.25, -0.2) is 0 Å². The normalized spacial score (nSPS) is 20.6. The van der Waals surface area contributed by atoms with Crippen LogP contribution in [0.4, 0.5) is 0 Å². The van der Waals surface area contributed by atoms with Crippen LogP contribution < -0.4 is 10.1 Å². The molecule has 1 atom stereocenters. The van der Waals surface area contributed by atoms with E-state index in [1.54, 1.807) is 7.11 Å². The molecule has 144 valence electrons. The van der Waals surface area contributed by atoms with Crippen LogP contribution in [0.2, 0.25) is 0 Å². The molecular weight excluding hydrogens is 342 g/mol. The number of methoxy groups -OCH3 is 1. The maximum Gasteiger partial charge on any atom is 0.222 e. The van der Waals surface area contributed by atoms with E-state index in [0.29, 0.717) is 24.9 Å². The highest BCUT2D eigenvalue weighted by Gasteiger charge is 2.29. The Bertz CT molecular complexity index is 784. The Morgan fingerprint density at radius 1 is 1.26 bits per heavy atom. The quantitative estimate of drug-likeness (QED) is 0.812. The van der Waals surface area contributed by atoms with E-state index in [0.717, 1.165) is 54.6 Å². The first-order chi connectivity index (χ1) is 13.2. The first-order valence-corrected chi connectivity index (χ1v) is 9.82. The monoisotopic (exact) mass is 369 g/mol. The van der Waals surface area contributed by atoms with Gasteiger partial charge < -0.3 is 19.5 Å². The molecule has 1 saturated heterocycles. The second kappa shape index (κ2) is 8.13. The fourth-order valence-electron chi connectivity index (χ4n) is 3.61. The van der Waals surface area contributed by atoms with E-state index in [-0.39, 0.29) is 0 Å². The van der Waals surface area contributed by atoms with E-state index < -0.39 is 0 Å². The molecular formula is C21H27N3O3. The van der Waals surface area contributed by atoms with E-state index >= 15 is 0 Å². The highest BCUT2D eigenvalue weighted by molar-refractivity contribution is 5.76. The van der Waals surface area contributed by atoms with Crippen molar-refractivity contribution >= 4 is 5.91 Å². The molecule has 1 unspecified atom stereocenters. The van der Waals surface area contributed by atoms with Crippen LogP contribution in [-0.4, -0.2) is 42.2 Å². The average Bonchev–Trinajstić information content (AvgIpc) is 3.43. The number of ether oxygens (including phenoxy) is 1. The van der Waals surface area contributed by atoms with Crippen molar-refractivity contribution in [3.63, 3.8) is 0 Å². The number of rotatable bonds is 7. The first kappa shape index (κ1) is 18.0. The van der Waals surface area contributed by atoms with E-state index in [1.807, 2.05) is 30.3 Å². The fourth-order valence-corrected chi connectivity index (χ4v) is 3.61. The summed E-state index contributed by atoms with van der Waals surface area (Å²) in [7, 11) is 1.65. The minimum absolute atomic E-state index is 0.311. The van der Waals surface area contributed by atoms with Crippen LogP contribution in [-0.2, 0) is 11.3 Å². The number of hydrogen-bond acceptors (Lipinski definition) is 5. The van der Waals surface area contributed by atoms with Crippen LogP contribution in [0.1, 0.15) is 37.9 Å². The van der Waals surface area contributed by atoms with Gasteiger partial charge in [-0.1, -0.05) is 17.3 Å². The molecule has 2 aromatic rings. The lowest BCUT2D eigenvalue weighted by atomic mass is 10.1. The van der Waals surface area contributed by atoms with E-state index in [9.17, 15) is 4.79 Å². The van der Waals surface area contributed by atoms with Gasteiger partial charge in [0.1, 0.15) is 11.4 Å². The number of amides is 1. The molecule has 1 amide bonds. The van der Waals surface area contributed by atoms with Crippen LogP contribution >= 0.6 is 0 Å². The topological polar surface area (TPSA) is 67.6 Å². The Morgan fingerprint density at radius 3 is 2.96 bits per heavy atom. The van der Waals surface area contributed by atoms with Crippen molar-refractivity contribution in [3.05, 3.63) is 36.1 Å². The average molecular weight is 369 g/mol. The largest absolute Gasteiger partial charge is 0.497 e. The molecule has 6 heteroatoms. The van der Waals surface area contributed by atoms with Crippen molar-refractivity contribution < 1.29 is 14.1 Å². The molecule has 0 spiro atoms. The van der Waals surface area contributed by atoms with Gasteiger partial charge in [0.25, 0.3) is 0 Å². The number of likely N-dealkylation sites (tertiary alicyclic amines) is 1.